The van der Waals surface area contributed by atoms with Crippen LogP contribution in [-0.4, -0.2) is 0 Å². The Morgan fingerprint density at radius 2 is 1.33 bits per heavy atom. The second-order valence-corrected chi connectivity index (χ2v) is 8.08. The fourth-order valence-corrected chi connectivity index (χ4v) is 3.92. The Morgan fingerprint density at radius 1 is 0.667 bits per heavy atom. The van der Waals surface area contributed by atoms with Crippen molar-refractivity contribution in [3.05, 3.63) is 95.0 Å². The van der Waals surface area contributed by atoms with Gasteiger partial charge in [0.15, 0.2) is 0 Å². The van der Waals surface area contributed by atoms with Gasteiger partial charge in [0.25, 0.3) is 0 Å². The molecule has 0 atom stereocenters. The molecule has 0 fully saturated rings. The molecule has 0 nitrogen and oxygen atoms in total. The molecule has 3 heteroatoms. The van der Waals surface area contributed by atoms with E-state index in [2.05, 4.69) is 37.3 Å². The van der Waals surface area contributed by atoms with Crippen LogP contribution in [0.4, 0.5) is 8.78 Å². The molecule has 0 amide bonds. The summed E-state index contributed by atoms with van der Waals surface area (Å²) >= 11 is 5.73. The summed E-state index contributed by atoms with van der Waals surface area (Å²) in [5.41, 5.74) is 3.92. The highest BCUT2D eigenvalue weighted by atomic mass is 35.5. The number of benzene rings is 4. The minimum Gasteiger partial charge on any atom is -0.206 e. The van der Waals surface area contributed by atoms with Crippen molar-refractivity contribution >= 4 is 22.4 Å². The summed E-state index contributed by atoms with van der Waals surface area (Å²) in [6, 6.07) is 22.1. The zero-order valence-corrected chi connectivity index (χ0v) is 17.6. The van der Waals surface area contributed by atoms with Gasteiger partial charge in [0.2, 0.25) is 0 Å². The average Bonchev–Trinajstić information content (AvgIpc) is 2.75. The van der Waals surface area contributed by atoms with Gasteiger partial charge in [-0.3, -0.25) is 0 Å². The van der Waals surface area contributed by atoms with Crippen molar-refractivity contribution in [2.24, 2.45) is 0 Å². The average molecular weight is 421 g/mol. The molecule has 152 valence electrons. The van der Waals surface area contributed by atoms with Crippen molar-refractivity contribution in [1.82, 2.24) is 0 Å². The molecule has 0 aromatic heterocycles. The first-order valence-corrected chi connectivity index (χ1v) is 10.7. The van der Waals surface area contributed by atoms with Crippen molar-refractivity contribution < 1.29 is 8.78 Å². The van der Waals surface area contributed by atoms with Crippen molar-refractivity contribution in [2.45, 2.75) is 32.6 Å². The highest BCUT2D eigenvalue weighted by Gasteiger charge is 2.10. The lowest BCUT2D eigenvalue weighted by atomic mass is 9.96. The van der Waals surface area contributed by atoms with Crippen LogP contribution in [0.1, 0.15) is 31.7 Å². The van der Waals surface area contributed by atoms with E-state index in [1.807, 2.05) is 12.1 Å². The number of hydrogen-bond acceptors (Lipinski definition) is 0. The summed E-state index contributed by atoms with van der Waals surface area (Å²) < 4.78 is 28.6. The standard InChI is InChI=1S/C27H23ClF2/c1-2-3-4-5-18-6-7-20-15-21(9-8-19(20)14-18)22-10-12-24(26(29)16-22)23-11-13-25(28)27(30)17-23/h6-17H,2-5H2,1H3. The lowest BCUT2D eigenvalue weighted by Crippen LogP contribution is -1.89. The molecule has 0 bridgehead atoms. The molecule has 0 heterocycles. The number of unbranched alkanes of at least 4 members (excludes halogenated alkanes) is 2. The molecule has 30 heavy (non-hydrogen) atoms. The molecular formula is C27H23ClF2. The minimum absolute atomic E-state index is 0.0282. The molecule has 0 saturated heterocycles. The summed E-state index contributed by atoms with van der Waals surface area (Å²) in [6.45, 7) is 2.21. The fourth-order valence-electron chi connectivity index (χ4n) is 3.80. The second kappa shape index (κ2) is 8.97. The topological polar surface area (TPSA) is 0 Å². The third-order valence-corrected chi connectivity index (χ3v) is 5.81. The maximum atomic E-state index is 14.8. The van der Waals surface area contributed by atoms with Gasteiger partial charge < -0.3 is 0 Å². The molecule has 0 aliphatic carbocycles. The van der Waals surface area contributed by atoms with E-state index in [9.17, 15) is 8.78 Å². The Balaban J connectivity index is 1.62. The van der Waals surface area contributed by atoms with Crippen LogP contribution in [0.2, 0.25) is 5.02 Å². The van der Waals surface area contributed by atoms with E-state index in [0.717, 1.165) is 22.9 Å². The van der Waals surface area contributed by atoms with Gasteiger partial charge in [0.05, 0.1) is 5.02 Å². The minimum atomic E-state index is -0.554. The fraction of sp³-hybridized carbons (Fsp3) is 0.185. The van der Waals surface area contributed by atoms with Crippen LogP contribution in [0.5, 0.6) is 0 Å². The smallest absolute Gasteiger partial charge is 0.142 e. The third kappa shape index (κ3) is 4.39. The number of rotatable bonds is 6. The lowest BCUT2D eigenvalue weighted by molar-refractivity contribution is 0.625. The largest absolute Gasteiger partial charge is 0.206 e. The van der Waals surface area contributed by atoms with E-state index in [-0.39, 0.29) is 10.8 Å². The van der Waals surface area contributed by atoms with Gasteiger partial charge in [-0.05, 0) is 70.1 Å². The summed E-state index contributed by atoms with van der Waals surface area (Å²) in [5.74, 6) is -0.943. The van der Waals surface area contributed by atoms with E-state index < -0.39 is 5.82 Å². The first-order chi connectivity index (χ1) is 14.5. The van der Waals surface area contributed by atoms with Crippen LogP contribution in [0.25, 0.3) is 33.0 Å². The molecule has 0 N–H and O–H groups in total. The van der Waals surface area contributed by atoms with Crippen LogP contribution < -0.4 is 0 Å². The van der Waals surface area contributed by atoms with Crippen molar-refractivity contribution in [2.75, 3.05) is 0 Å². The molecule has 4 aromatic carbocycles. The zero-order chi connectivity index (χ0) is 21.1. The van der Waals surface area contributed by atoms with Crippen molar-refractivity contribution in [3.63, 3.8) is 0 Å². The summed E-state index contributed by atoms with van der Waals surface area (Å²) in [7, 11) is 0. The Kier molecular flexibility index (Phi) is 6.15. The molecule has 0 unspecified atom stereocenters. The molecular weight excluding hydrogens is 398 g/mol. The molecule has 0 aliphatic rings. The Bertz CT molecular complexity index is 1200. The highest BCUT2D eigenvalue weighted by molar-refractivity contribution is 6.30. The Labute approximate surface area is 181 Å². The van der Waals surface area contributed by atoms with Crippen LogP contribution >= 0.6 is 11.6 Å². The Hall–Kier alpha value is -2.71. The van der Waals surface area contributed by atoms with Crippen LogP contribution in [0.3, 0.4) is 0 Å². The first kappa shape index (κ1) is 20.6. The predicted octanol–water partition coefficient (Wildman–Crippen LogP) is 8.84. The first-order valence-electron chi connectivity index (χ1n) is 10.3. The van der Waals surface area contributed by atoms with Gasteiger partial charge in [-0.1, -0.05) is 79.9 Å². The molecule has 0 saturated carbocycles. The lowest BCUT2D eigenvalue weighted by Gasteiger charge is -2.09. The van der Waals surface area contributed by atoms with Crippen LogP contribution in [0.15, 0.2) is 72.8 Å². The second-order valence-electron chi connectivity index (χ2n) is 7.68. The van der Waals surface area contributed by atoms with Gasteiger partial charge in [0.1, 0.15) is 11.6 Å². The van der Waals surface area contributed by atoms with Crippen LogP contribution in [0, 0.1) is 11.6 Å². The van der Waals surface area contributed by atoms with E-state index in [1.165, 1.54) is 48.4 Å². The zero-order valence-electron chi connectivity index (χ0n) is 16.9. The number of hydrogen-bond donors (Lipinski definition) is 0. The van der Waals surface area contributed by atoms with Gasteiger partial charge in [0, 0.05) is 5.56 Å². The van der Waals surface area contributed by atoms with Crippen molar-refractivity contribution in [1.29, 1.82) is 0 Å². The van der Waals surface area contributed by atoms with Crippen molar-refractivity contribution in [3.8, 4) is 22.3 Å². The SMILES string of the molecule is CCCCCc1ccc2cc(-c3ccc(-c4ccc(Cl)c(F)c4)c(F)c3)ccc2c1. The van der Waals surface area contributed by atoms with Gasteiger partial charge >= 0.3 is 0 Å². The molecule has 0 aliphatic heterocycles. The van der Waals surface area contributed by atoms with E-state index in [4.69, 9.17) is 11.6 Å². The summed E-state index contributed by atoms with van der Waals surface area (Å²) in [4.78, 5) is 0. The highest BCUT2D eigenvalue weighted by Crippen LogP contribution is 2.31. The van der Waals surface area contributed by atoms with E-state index in [1.54, 1.807) is 12.1 Å². The predicted molar refractivity (Wildman–Crippen MR) is 123 cm³/mol. The maximum Gasteiger partial charge on any atom is 0.142 e. The van der Waals surface area contributed by atoms with Gasteiger partial charge in [-0.2, -0.15) is 0 Å². The number of fused-ring (bicyclic) bond motifs is 1. The van der Waals surface area contributed by atoms with Gasteiger partial charge in [-0.25, -0.2) is 8.78 Å². The monoisotopic (exact) mass is 420 g/mol. The van der Waals surface area contributed by atoms with E-state index in [0.29, 0.717) is 11.1 Å². The molecule has 4 aromatic rings. The molecule has 4 rings (SSSR count). The Morgan fingerprint density at radius 3 is 2.10 bits per heavy atom. The number of aryl methyl sites for hydroxylation is 1. The summed E-state index contributed by atoms with van der Waals surface area (Å²) in [5, 5.41) is 2.36. The number of halogens is 3. The van der Waals surface area contributed by atoms with E-state index >= 15 is 0 Å². The third-order valence-electron chi connectivity index (χ3n) is 5.51. The normalized spacial score (nSPS) is 11.2. The molecule has 0 radical (unpaired) electrons. The maximum absolute atomic E-state index is 14.8. The van der Waals surface area contributed by atoms with Crippen LogP contribution in [-0.2, 0) is 6.42 Å². The summed E-state index contributed by atoms with van der Waals surface area (Å²) in [6.07, 6.45) is 4.78. The quantitative estimate of drug-likeness (QED) is 0.273. The van der Waals surface area contributed by atoms with Gasteiger partial charge in [-0.15, -0.1) is 0 Å². The molecule has 0 spiro atoms.